The fourth-order valence-electron chi connectivity index (χ4n) is 3.22. The molecule has 158 valence electrons. The molecule has 0 aromatic heterocycles. The van der Waals surface area contributed by atoms with Gasteiger partial charge < -0.3 is 20.3 Å². The van der Waals surface area contributed by atoms with E-state index in [2.05, 4.69) is 0 Å². The number of hydrogen-bond donors (Lipinski definition) is 1. The number of benzene rings is 2. The minimum atomic E-state index is -0.608. The molecular formula is C20H21FN4O5. The summed E-state index contributed by atoms with van der Waals surface area (Å²) in [4.78, 5) is 38.6. The number of morpholine rings is 1. The lowest BCUT2D eigenvalue weighted by Crippen LogP contribution is -2.37. The van der Waals surface area contributed by atoms with Crippen LogP contribution in [0.25, 0.3) is 0 Å². The number of hydrogen-bond acceptors (Lipinski definition) is 6. The topological polar surface area (TPSA) is 119 Å². The molecule has 2 aromatic carbocycles. The van der Waals surface area contributed by atoms with Crippen LogP contribution in [0.1, 0.15) is 16.8 Å². The Bertz CT molecular complexity index is 945. The van der Waals surface area contributed by atoms with E-state index in [1.807, 2.05) is 4.90 Å². The largest absolute Gasteiger partial charge is 0.378 e. The van der Waals surface area contributed by atoms with E-state index in [9.17, 15) is 24.1 Å². The summed E-state index contributed by atoms with van der Waals surface area (Å²) in [6.07, 6.45) is -0.114. The Hall–Kier alpha value is -3.53. The van der Waals surface area contributed by atoms with Crippen LogP contribution in [0.3, 0.4) is 0 Å². The maximum atomic E-state index is 13.3. The van der Waals surface area contributed by atoms with Crippen LogP contribution in [0.4, 0.5) is 21.5 Å². The zero-order valence-corrected chi connectivity index (χ0v) is 16.1. The monoisotopic (exact) mass is 416 g/mol. The number of nitro groups is 1. The summed E-state index contributed by atoms with van der Waals surface area (Å²) in [5.41, 5.74) is 5.84. The van der Waals surface area contributed by atoms with Crippen LogP contribution in [0.2, 0.25) is 0 Å². The number of ether oxygens (including phenoxy) is 1. The van der Waals surface area contributed by atoms with E-state index in [0.29, 0.717) is 37.7 Å². The average Bonchev–Trinajstić information content (AvgIpc) is 2.75. The van der Waals surface area contributed by atoms with Gasteiger partial charge in [-0.1, -0.05) is 0 Å². The van der Waals surface area contributed by atoms with Gasteiger partial charge in [0, 0.05) is 43.4 Å². The highest BCUT2D eigenvalue weighted by molar-refractivity contribution is 6.07. The number of nitrogens with zero attached hydrogens (tertiary/aromatic N) is 3. The lowest BCUT2D eigenvalue weighted by molar-refractivity contribution is -0.384. The van der Waals surface area contributed by atoms with Crippen LogP contribution < -0.4 is 15.5 Å². The molecule has 1 aliphatic rings. The van der Waals surface area contributed by atoms with Gasteiger partial charge >= 0.3 is 0 Å². The third kappa shape index (κ3) is 4.90. The fraction of sp³-hybridized carbons (Fsp3) is 0.300. The van der Waals surface area contributed by atoms with Crippen molar-refractivity contribution < 1.29 is 23.6 Å². The van der Waals surface area contributed by atoms with Crippen molar-refractivity contribution in [3.05, 3.63) is 64.0 Å². The van der Waals surface area contributed by atoms with Crippen molar-refractivity contribution in [2.45, 2.75) is 6.42 Å². The van der Waals surface area contributed by atoms with E-state index in [-0.39, 0.29) is 24.2 Å². The second kappa shape index (κ2) is 9.31. The first kappa shape index (κ1) is 21.2. The number of nitrogens with two attached hydrogens (primary N) is 1. The number of carbonyl (C=O) groups is 2. The molecule has 0 radical (unpaired) electrons. The summed E-state index contributed by atoms with van der Waals surface area (Å²) in [5, 5.41) is 11.7. The van der Waals surface area contributed by atoms with Crippen LogP contribution in [0, 0.1) is 15.9 Å². The van der Waals surface area contributed by atoms with Crippen LogP contribution in [-0.2, 0) is 9.53 Å². The highest BCUT2D eigenvalue weighted by Gasteiger charge is 2.26. The number of carbonyl (C=O) groups excluding carboxylic acids is 2. The van der Waals surface area contributed by atoms with Gasteiger partial charge in [0.15, 0.2) is 0 Å². The van der Waals surface area contributed by atoms with Gasteiger partial charge in [-0.2, -0.15) is 0 Å². The number of rotatable bonds is 7. The molecule has 2 N–H and O–H groups in total. The molecule has 3 rings (SSSR count). The van der Waals surface area contributed by atoms with Gasteiger partial charge in [-0.05, 0) is 36.4 Å². The molecule has 2 aromatic rings. The molecule has 0 spiro atoms. The van der Waals surface area contributed by atoms with Crippen LogP contribution in [-0.4, -0.2) is 49.6 Å². The standard InChI is InChI=1S/C20H21FN4O5/c21-15-2-4-16(5-3-15)24(8-7-19(22)26)20(27)14-1-6-17(18(13-14)25(28)29)23-9-11-30-12-10-23/h1-6,13H,7-12H2,(H2,22,26). The van der Waals surface area contributed by atoms with Crippen molar-refractivity contribution in [2.24, 2.45) is 5.73 Å². The van der Waals surface area contributed by atoms with Crippen molar-refractivity contribution in [1.29, 1.82) is 0 Å². The zero-order valence-electron chi connectivity index (χ0n) is 16.1. The predicted molar refractivity (Wildman–Crippen MR) is 108 cm³/mol. The van der Waals surface area contributed by atoms with Crippen LogP contribution >= 0.6 is 0 Å². The number of amides is 2. The molecule has 0 aliphatic carbocycles. The van der Waals surface area contributed by atoms with Crippen molar-refractivity contribution >= 4 is 28.9 Å². The second-order valence-electron chi connectivity index (χ2n) is 6.71. The SMILES string of the molecule is NC(=O)CCN(C(=O)c1ccc(N2CCOCC2)c([N+](=O)[O-])c1)c1ccc(F)cc1. The molecule has 0 atom stereocenters. The van der Waals surface area contributed by atoms with Crippen molar-refractivity contribution in [2.75, 3.05) is 42.6 Å². The summed E-state index contributed by atoms with van der Waals surface area (Å²) in [7, 11) is 0. The van der Waals surface area contributed by atoms with E-state index in [4.69, 9.17) is 10.5 Å². The minimum absolute atomic E-state index is 0.0428. The maximum absolute atomic E-state index is 13.3. The summed E-state index contributed by atoms with van der Waals surface area (Å²) in [6.45, 7) is 1.90. The van der Waals surface area contributed by atoms with Gasteiger partial charge in [-0.15, -0.1) is 0 Å². The zero-order chi connectivity index (χ0) is 21.7. The quantitative estimate of drug-likeness (QED) is 0.545. The second-order valence-corrected chi connectivity index (χ2v) is 6.71. The Labute approximate surface area is 172 Å². The van der Waals surface area contributed by atoms with Gasteiger partial charge in [0.25, 0.3) is 11.6 Å². The van der Waals surface area contributed by atoms with Gasteiger partial charge in [-0.25, -0.2) is 4.39 Å². The molecule has 9 nitrogen and oxygen atoms in total. The molecule has 1 aliphatic heterocycles. The summed E-state index contributed by atoms with van der Waals surface area (Å²) < 4.78 is 18.6. The van der Waals surface area contributed by atoms with E-state index in [1.54, 1.807) is 0 Å². The molecule has 0 unspecified atom stereocenters. The third-order valence-electron chi connectivity index (χ3n) is 4.74. The first-order valence-corrected chi connectivity index (χ1v) is 9.33. The number of anilines is 2. The molecule has 10 heteroatoms. The Morgan fingerprint density at radius 3 is 2.43 bits per heavy atom. The van der Waals surface area contributed by atoms with Gasteiger partial charge in [0.2, 0.25) is 5.91 Å². The molecule has 0 bridgehead atoms. The average molecular weight is 416 g/mol. The first-order valence-electron chi connectivity index (χ1n) is 9.33. The van der Waals surface area contributed by atoms with Gasteiger partial charge in [0.05, 0.1) is 18.1 Å². The summed E-state index contributed by atoms with van der Waals surface area (Å²) in [5.74, 6) is -1.64. The Morgan fingerprint density at radius 2 is 1.83 bits per heavy atom. The molecule has 2 amide bonds. The maximum Gasteiger partial charge on any atom is 0.293 e. The van der Waals surface area contributed by atoms with Crippen LogP contribution in [0.5, 0.6) is 0 Å². The Kier molecular flexibility index (Phi) is 6.58. The molecule has 1 saturated heterocycles. The number of halogens is 1. The van der Waals surface area contributed by atoms with Gasteiger partial charge in [0.1, 0.15) is 11.5 Å². The van der Waals surface area contributed by atoms with Crippen molar-refractivity contribution in [3.8, 4) is 0 Å². The van der Waals surface area contributed by atoms with Crippen LogP contribution in [0.15, 0.2) is 42.5 Å². The van der Waals surface area contributed by atoms with E-state index < -0.39 is 22.6 Å². The normalized spacial score (nSPS) is 13.7. The third-order valence-corrected chi connectivity index (χ3v) is 4.74. The molecule has 0 saturated carbocycles. The summed E-state index contributed by atoms with van der Waals surface area (Å²) >= 11 is 0. The fourth-order valence-corrected chi connectivity index (χ4v) is 3.22. The first-order chi connectivity index (χ1) is 14.4. The predicted octanol–water partition coefficient (Wildman–Crippen LogP) is 2.09. The van der Waals surface area contributed by atoms with Crippen molar-refractivity contribution in [1.82, 2.24) is 0 Å². The number of primary amides is 1. The summed E-state index contributed by atoms with van der Waals surface area (Å²) in [6, 6.07) is 9.41. The highest BCUT2D eigenvalue weighted by atomic mass is 19.1. The van der Waals surface area contributed by atoms with E-state index >= 15 is 0 Å². The molecule has 30 heavy (non-hydrogen) atoms. The lowest BCUT2D eigenvalue weighted by Gasteiger charge is -2.28. The Balaban J connectivity index is 1.94. The Morgan fingerprint density at radius 1 is 1.17 bits per heavy atom. The minimum Gasteiger partial charge on any atom is -0.378 e. The molecule has 1 fully saturated rings. The van der Waals surface area contributed by atoms with E-state index in [0.717, 1.165) is 0 Å². The highest BCUT2D eigenvalue weighted by Crippen LogP contribution is 2.31. The molecular weight excluding hydrogens is 395 g/mol. The smallest absolute Gasteiger partial charge is 0.293 e. The van der Waals surface area contributed by atoms with E-state index in [1.165, 1.54) is 47.4 Å². The lowest BCUT2D eigenvalue weighted by atomic mass is 10.1. The van der Waals surface area contributed by atoms with Crippen molar-refractivity contribution in [3.63, 3.8) is 0 Å². The van der Waals surface area contributed by atoms with Gasteiger partial charge in [-0.3, -0.25) is 19.7 Å². The molecule has 1 heterocycles. The number of nitro benzene ring substituents is 1.